The summed E-state index contributed by atoms with van der Waals surface area (Å²) in [6, 6.07) is 15.1. The molecule has 1 aromatic heterocycles. The van der Waals surface area contributed by atoms with E-state index in [2.05, 4.69) is 18.0 Å². The Kier molecular flexibility index (Phi) is 7.50. The van der Waals surface area contributed by atoms with E-state index in [-0.39, 0.29) is 18.7 Å². The van der Waals surface area contributed by atoms with E-state index in [0.717, 1.165) is 4.90 Å². The highest BCUT2D eigenvalue weighted by Crippen LogP contribution is 2.35. The van der Waals surface area contributed by atoms with E-state index in [1.54, 1.807) is 48.5 Å². The summed E-state index contributed by atoms with van der Waals surface area (Å²) in [4.78, 5) is 38.8. The largest absolute Gasteiger partial charge is 0.493 e. The number of furan rings is 1. The van der Waals surface area contributed by atoms with Crippen LogP contribution in [0, 0.1) is 11.3 Å². The zero-order valence-electron chi connectivity index (χ0n) is 20.0. The minimum Gasteiger partial charge on any atom is -0.493 e. The number of rotatable bonds is 9. The van der Waals surface area contributed by atoms with Crippen molar-refractivity contribution >= 4 is 23.9 Å². The van der Waals surface area contributed by atoms with Gasteiger partial charge in [0.15, 0.2) is 11.5 Å². The summed E-state index contributed by atoms with van der Waals surface area (Å²) in [5, 5.41) is 11.5. The fourth-order valence-corrected chi connectivity index (χ4v) is 3.86. The van der Waals surface area contributed by atoms with Crippen LogP contribution in [0.5, 0.6) is 11.5 Å². The number of urea groups is 1. The second kappa shape index (κ2) is 11.1. The van der Waals surface area contributed by atoms with Crippen molar-refractivity contribution in [2.24, 2.45) is 0 Å². The molecule has 1 N–H and O–H groups in total. The highest BCUT2D eigenvalue weighted by molar-refractivity contribution is 6.30. The average Bonchev–Trinajstić information content (AvgIpc) is 3.42. The van der Waals surface area contributed by atoms with Gasteiger partial charge in [0.1, 0.15) is 17.9 Å². The molecule has 4 rings (SSSR count). The van der Waals surface area contributed by atoms with E-state index < -0.39 is 17.8 Å². The molecule has 1 aliphatic heterocycles. The molecular formula is C28H23N3O6. The molecule has 4 amide bonds. The maximum Gasteiger partial charge on any atom is 0.331 e. The quantitative estimate of drug-likeness (QED) is 0.268. The lowest BCUT2D eigenvalue weighted by molar-refractivity contribution is -0.130. The van der Waals surface area contributed by atoms with Crippen molar-refractivity contribution in [3.05, 3.63) is 101 Å². The standard InChI is InChI=1S/C28H23N3O6/c1-3-7-19-12-18(14-24(35-2)25(19)37-17-21-9-5-4-8-20(21)15-29)13-23-26(32)30-28(34)31(27(23)33)16-22-10-6-11-36-22/h3-6,8-14H,1,7,16-17H2,2H3,(H,30,32,34)/b23-13+. The number of amides is 4. The Hall–Kier alpha value is -5.10. The number of benzene rings is 2. The Bertz CT molecular complexity index is 1430. The van der Waals surface area contributed by atoms with Gasteiger partial charge in [-0.25, -0.2) is 4.79 Å². The third-order valence-electron chi connectivity index (χ3n) is 5.64. The Morgan fingerprint density at radius 2 is 1.95 bits per heavy atom. The Morgan fingerprint density at radius 3 is 2.65 bits per heavy atom. The Labute approximate surface area is 213 Å². The number of hydrogen-bond donors (Lipinski definition) is 1. The van der Waals surface area contributed by atoms with Gasteiger partial charge in [0.05, 0.1) is 31.6 Å². The van der Waals surface area contributed by atoms with Crippen LogP contribution in [0.15, 0.2) is 77.4 Å². The number of nitrogens with zero attached hydrogens (tertiary/aromatic N) is 2. The normalized spacial score (nSPS) is 14.3. The Balaban J connectivity index is 1.67. The topological polar surface area (TPSA) is 122 Å². The van der Waals surface area contributed by atoms with Crippen LogP contribution in [0.4, 0.5) is 4.79 Å². The van der Waals surface area contributed by atoms with E-state index >= 15 is 0 Å². The first-order chi connectivity index (χ1) is 17.9. The van der Waals surface area contributed by atoms with Crippen molar-refractivity contribution in [3.63, 3.8) is 0 Å². The maximum absolute atomic E-state index is 13.1. The average molecular weight is 498 g/mol. The molecule has 0 bridgehead atoms. The number of allylic oxidation sites excluding steroid dienone is 1. The van der Waals surface area contributed by atoms with Gasteiger partial charge < -0.3 is 13.9 Å². The summed E-state index contributed by atoms with van der Waals surface area (Å²) >= 11 is 0. The molecule has 1 fully saturated rings. The lowest BCUT2D eigenvalue weighted by atomic mass is 10.0. The first kappa shape index (κ1) is 25.0. The van der Waals surface area contributed by atoms with Gasteiger partial charge in [-0.3, -0.25) is 19.8 Å². The number of carbonyl (C=O) groups excluding carboxylic acids is 3. The number of barbiturate groups is 1. The van der Waals surface area contributed by atoms with Gasteiger partial charge in [-0.1, -0.05) is 24.3 Å². The van der Waals surface area contributed by atoms with Gasteiger partial charge in [-0.15, -0.1) is 6.58 Å². The van der Waals surface area contributed by atoms with E-state index in [4.69, 9.17) is 13.9 Å². The molecule has 1 aliphatic rings. The van der Waals surface area contributed by atoms with Crippen LogP contribution in [-0.4, -0.2) is 29.9 Å². The number of methoxy groups -OCH3 is 1. The molecule has 0 spiro atoms. The second-order valence-corrected chi connectivity index (χ2v) is 8.05. The number of ether oxygens (including phenoxy) is 2. The summed E-state index contributed by atoms with van der Waals surface area (Å²) in [5.41, 5.74) is 2.19. The molecule has 186 valence electrons. The van der Waals surface area contributed by atoms with Crippen LogP contribution in [0.2, 0.25) is 0 Å². The minimum atomic E-state index is -0.824. The minimum absolute atomic E-state index is 0.121. The number of nitrogens with one attached hydrogen (secondary N) is 1. The van der Waals surface area contributed by atoms with Crippen LogP contribution in [0.1, 0.15) is 28.0 Å². The van der Waals surface area contributed by atoms with Crippen LogP contribution in [0.3, 0.4) is 0 Å². The van der Waals surface area contributed by atoms with Gasteiger partial charge in [-0.05, 0) is 48.4 Å². The molecule has 3 aromatic rings. The molecule has 0 saturated carbocycles. The molecule has 37 heavy (non-hydrogen) atoms. The summed E-state index contributed by atoms with van der Waals surface area (Å²) in [5.74, 6) is -0.336. The van der Waals surface area contributed by atoms with Gasteiger partial charge in [0.2, 0.25) is 0 Å². The van der Waals surface area contributed by atoms with Crippen molar-refractivity contribution < 1.29 is 28.3 Å². The van der Waals surface area contributed by atoms with E-state index in [0.29, 0.717) is 45.9 Å². The molecule has 0 atom stereocenters. The second-order valence-electron chi connectivity index (χ2n) is 8.05. The van der Waals surface area contributed by atoms with Crippen molar-refractivity contribution in [1.82, 2.24) is 10.2 Å². The van der Waals surface area contributed by atoms with Crippen molar-refractivity contribution in [2.45, 2.75) is 19.6 Å². The van der Waals surface area contributed by atoms with Crippen LogP contribution < -0.4 is 14.8 Å². The Morgan fingerprint density at radius 1 is 1.14 bits per heavy atom. The number of carbonyl (C=O) groups is 3. The zero-order valence-corrected chi connectivity index (χ0v) is 20.0. The fourth-order valence-electron chi connectivity index (χ4n) is 3.86. The molecule has 2 aromatic carbocycles. The lowest BCUT2D eigenvalue weighted by Crippen LogP contribution is -2.53. The van der Waals surface area contributed by atoms with Gasteiger partial charge in [0, 0.05) is 11.1 Å². The van der Waals surface area contributed by atoms with Crippen LogP contribution in [-0.2, 0) is 29.2 Å². The summed E-state index contributed by atoms with van der Waals surface area (Å²) in [6.07, 6.45) is 4.92. The zero-order chi connectivity index (χ0) is 26.4. The van der Waals surface area contributed by atoms with Crippen molar-refractivity contribution in [1.29, 1.82) is 5.26 Å². The molecule has 0 aliphatic carbocycles. The molecule has 9 heteroatoms. The third-order valence-corrected chi connectivity index (χ3v) is 5.64. The van der Waals surface area contributed by atoms with Crippen LogP contribution in [0.25, 0.3) is 6.08 Å². The maximum atomic E-state index is 13.1. The van der Waals surface area contributed by atoms with Gasteiger partial charge in [0.25, 0.3) is 11.8 Å². The summed E-state index contributed by atoms with van der Waals surface area (Å²) in [6.45, 7) is 3.81. The van der Waals surface area contributed by atoms with E-state index in [1.165, 1.54) is 19.4 Å². The number of nitriles is 1. The van der Waals surface area contributed by atoms with Crippen molar-refractivity contribution in [2.75, 3.05) is 7.11 Å². The first-order valence-corrected chi connectivity index (χ1v) is 11.3. The molecule has 0 radical (unpaired) electrons. The third kappa shape index (κ3) is 5.44. The van der Waals surface area contributed by atoms with Gasteiger partial charge >= 0.3 is 6.03 Å². The predicted octanol–water partition coefficient (Wildman–Crippen LogP) is 4.13. The lowest BCUT2D eigenvalue weighted by Gasteiger charge is -2.25. The van der Waals surface area contributed by atoms with Crippen LogP contribution >= 0.6 is 0 Å². The SMILES string of the molecule is C=CCc1cc(/C=C2\C(=O)NC(=O)N(Cc3ccco3)C2=O)cc(OC)c1OCc1ccccc1C#N. The smallest absolute Gasteiger partial charge is 0.331 e. The van der Waals surface area contributed by atoms with Gasteiger partial charge in [-0.2, -0.15) is 5.26 Å². The monoisotopic (exact) mass is 497 g/mol. The highest BCUT2D eigenvalue weighted by atomic mass is 16.5. The molecule has 9 nitrogen and oxygen atoms in total. The highest BCUT2D eigenvalue weighted by Gasteiger charge is 2.36. The van der Waals surface area contributed by atoms with Crippen molar-refractivity contribution in [3.8, 4) is 17.6 Å². The summed E-state index contributed by atoms with van der Waals surface area (Å²) < 4.78 is 16.8. The summed E-state index contributed by atoms with van der Waals surface area (Å²) in [7, 11) is 1.47. The molecular weight excluding hydrogens is 474 g/mol. The first-order valence-electron chi connectivity index (χ1n) is 11.3. The fraction of sp³-hybridized carbons (Fsp3) is 0.143. The van der Waals surface area contributed by atoms with E-state index in [1.807, 2.05) is 6.07 Å². The van der Waals surface area contributed by atoms with E-state index in [9.17, 15) is 19.6 Å². The molecule has 2 heterocycles. The number of hydrogen-bond acceptors (Lipinski definition) is 7. The number of imide groups is 2. The molecule has 1 saturated heterocycles. The predicted molar refractivity (Wildman–Crippen MR) is 133 cm³/mol. The molecule has 0 unspecified atom stereocenters.